The zero-order valence-electron chi connectivity index (χ0n) is 11.5. The van der Waals surface area contributed by atoms with Crippen LogP contribution in [0, 0.1) is 5.92 Å². The summed E-state index contributed by atoms with van der Waals surface area (Å²) in [4.78, 5) is 12.3. The Labute approximate surface area is 124 Å². The second-order valence-corrected chi connectivity index (χ2v) is 6.67. The third kappa shape index (κ3) is 2.66. The maximum Gasteiger partial charge on any atom is 0.138 e. The fraction of sp³-hybridized carbons (Fsp3) is 0.278. The van der Waals surface area contributed by atoms with Crippen LogP contribution >= 0.6 is 11.8 Å². The first-order valence-corrected chi connectivity index (χ1v) is 7.98. The lowest BCUT2D eigenvalue weighted by Gasteiger charge is -2.33. The first-order valence-electron chi connectivity index (χ1n) is 7.04. The lowest BCUT2D eigenvalue weighted by Crippen LogP contribution is -2.25. The van der Waals surface area contributed by atoms with Crippen molar-refractivity contribution in [3.05, 3.63) is 71.8 Å². The van der Waals surface area contributed by atoms with Gasteiger partial charge in [0.05, 0.1) is 0 Å². The molecule has 2 heteroatoms. The summed E-state index contributed by atoms with van der Waals surface area (Å²) >= 11 is 1.93. The SMILES string of the molecule is C[C@H]1C(=O)C[C@H](c2ccccc2)S[C@H]1c1ccccc1. The van der Waals surface area contributed by atoms with E-state index >= 15 is 0 Å². The van der Waals surface area contributed by atoms with Crippen molar-refractivity contribution < 1.29 is 4.79 Å². The standard InChI is InChI=1S/C18H18OS/c1-13-16(19)12-17(14-8-4-2-5-9-14)20-18(13)15-10-6-3-7-11-15/h2-11,13,17-18H,12H2,1H3/t13-,17+,18+/m0/s1. The van der Waals surface area contributed by atoms with Crippen molar-refractivity contribution in [3.63, 3.8) is 0 Å². The average molecular weight is 282 g/mol. The van der Waals surface area contributed by atoms with Gasteiger partial charge in [-0.2, -0.15) is 0 Å². The molecule has 2 aromatic carbocycles. The van der Waals surface area contributed by atoms with E-state index in [0.717, 1.165) is 0 Å². The maximum atomic E-state index is 12.3. The van der Waals surface area contributed by atoms with E-state index in [-0.39, 0.29) is 16.4 Å². The van der Waals surface area contributed by atoms with Crippen molar-refractivity contribution in [2.75, 3.05) is 0 Å². The van der Waals surface area contributed by atoms with Crippen LogP contribution in [0.4, 0.5) is 0 Å². The number of benzene rings is 2. The molecule has 0 spiro atoms. The Morgan fingerprint density at radius 3 is 2.05 bits per heavy atom. The zero-order chi connectivity index (χ0) is 13.9. The van der Waals surface area contributed by atoms with Gasteiger partial charge in [0.15, 0.2) is 0 Å². The Kier molecular flexibility index (Phi) is 3.93. The number of carbonyl (C=O) groups is 1. The average Bonchev–Trinajstić information content (AvgIpc) is 2.51. The molecule has 1 heterocycles. The van der Waals surface area contributed by atoms with Crippen LogP contribution in [0.2, 0.25) is 0 Å². The highest BCUT2D eigenvalue weighted by Crippen LogP contribution is 2.51. The zero-order valence-corrected chi connectivity index (χ0v) is 12.3. The third-order valence-electron chi connectivity index (χ3n) is 3.96. The van der Waals surface area contributed by atoms with Gasteiger partial charge in [0, 0.05) is 22.8 Å². The number of hydrogen-bond donors (Lipinski definition) is 0. The molecule has 2 aromatic rings. The van der Waals surface area contributed by atoms with Crippen LogP contribution in [0.5, 0.6) is 0 Å². The van der Waals surface area contributed by atoms with Crippen LogP contribution in [0.3, 0.4) is 0 Å². The number of Topliss-reactive ketones (excluding diaryl/α,β-unsaturated/α-hetero) is 1. The van der Waals surface area contributed by atoms with Gasteiger partial charge in [-0.05, 0) is 11.1 Å². The van der Waals surface area contributed by atoms with E-state index in [4.69, 9.17) is 0 Å². The van der Waals surface area contributed by atoms with Crippen molar-refractivity contribution in [2.45, 2.75) is 23.8 Å². The van der Waals surface area contributed by atoms with Gasteiger partial charge < -0.3 is 0 Å². The van der Waals surface area contributed by atoms with Gasteiger partial charge in [-0.25, -0.2) is 0 Å². The van der Waals surface area contributed by atoms with E-state index in [1.165, 1.54) is 11.1 Å². The minimum Gasteiger partial charge on any atom is -0.299 e. The molecule has 20 heavy (non-hydrogen) atoms. The third-order valence-corrected chi connectivity index (χ3v) is 5.70. The van der Waals surface area contributed by atoms with Crippen LogP contribution in [-0.2, 0) is 4.79 Å². The summed E-state index contributed by atoms with van der Waals surface area (Å²) in [6.07, 6.45) is 0.652. The van der Waals surface area contributed by atoms with Crippen LogP contribution in [0.1, 0.15) is 35.0 Å². The van der Waals surface area contributed by atoms with E-state index in [9.17, 15) is 4.79 Å². The van der Waals surface area contributed by atoms with Gasteiger partial charge in [0.25, 0.3) is 0 Å². The Morgan fingerprint density at radius 1 is 0.900 bits per heavy atom. The Bertz CT molecular complexity index is 579. The molecule has 0 amide bonds. The van der Waals surface area contributed by atoms with Crippen molar-refractivity contribution in [3.8, 4) is 0 Å². The van der Waals surface area contributed by atoms with Crippen LogP contribution in [0.15, 0.2) is 60.7 Å². The Hall–Kier alpha value is -1.54. The van der Waals surface area contributed by atoms with Crippen molar-refractivity contribution in [1.82, 2.24) is 0 Å². The van der Waals surface area contributed by atoms with E-state index < -0.39 is 0 Å². The molecule has 0 aliphatic carbocycles. The molecular weight excluding hydrogens is 264 g/mol. The number of hydrogen-bond acceptors (Lipinski definition) is 2. The number of thioether (sulfide) groups is 1. The molecule has 1 aliphatic heterocycles. The molecule has 0 radical (unpaired) electrons. The van der Waals surface area contributed by atoms with Crippen molar-refractivity contribution in [1.29, 1.82) is 0 Å². The topological polar surface area (TPSA) is 17.1 Å². The molecule has 0 unspecified atom stereocenters. The van der Waals surface area contributed by atoms with Gasteiger partial charge in [0.1, 0.15) is 5.78 Å². The summed E-state index contributed by atoms with van der Waals surface area (Å²) in [5, 5.41) is 0.549. The molecule has 3 atom stereocenters. The molecule has 0 saturated carbocycles. The summed E-state index contributed by atoms with van der Waals surface area (Å²) in [5.41, 5.74) is 2.53. The van der Waals surface area contributed by atoms with Gasteiger partial charge in [0.2, 0.25) is 0 Å². The number of rotatable bonds is 2. The summed E-state index contributed by atoms with van der Waals surface area (Å²) in [5.74, 6) is 0.480. The second-order valence-electron chi connectivity index (χ2n) is 5.33. The molecular formula is C18H18OS. The van der Waals surface area contributed by atoms with Crippen LogP contribution < -0.4 is 0 Å². The van der Waals surface area contributed by atoms with E-state index in [1.807, 2.05) is 23.9 Å². The molecule has 1 fully saturated rings. The molecule has 1 nitrogen and oxygen atoms in total. The fourth-order valence-corrected chi connectivity index (χ4v) is 4.38. The van der Waals surface area contributed by atoms with Crippen molar-refractivity contribution in [2.24, 2.45) is 5.92 Å². The predicted molar refractivity (Wildman–Crippen MR) is 84.7 cm³/mol. The highest BCUT2D eigenvalue weighted by molar-refractivity contribution is 7.99. The highest BCUT2D eigenvalue weighted by Gasteiger charge is 2.35. The number of ketones is 1. The van der Waals surface area contributed by atoms with Gasteiger partial charge in [-0.1, -0.05) is 67.6 Å². The first kappa shape index (κ1) is 13.4. The normalized spacial score (nSPS) is 26.4. The maximum absolute atomic E-state index is 12.3. The van der Waals surface area contributed by atoms with Crippen LogP contribution in [0.25, 0.3) is 0 Å². The molecule has 102 valence electrons. The van der Waals surface area contributed by atoms with Crippen LogP contribution in [-0.4, -0.2) is 5.78 Å². The molecule has 0 bridgehead atoms. The summed E-state index contributed by atoms with van der Waals surface area (Å²) < 4.78 is 0. The number of carbonyl (C=O) groups excluding carboxylic acids is 1. The van der Waals surface area contributed by atoms with Gasteiger partial charge >= 0.3 is 0 Å². The fourth-order valence-electron chi connectivity index (χ4n) is 2.75. The summed E-state index contributed by atoms with van der Waals surface area (Å²) in [6.45, 7) is 2.06. The summed E-state index contributed by atoms with van der Waals surface area (Å²) in [6, 6.07) is 20.8. The second kappa shape index (κ2) is 5.84. The minimum absolute atomic E-state index is 0.0994. The highest BCUT2D eigenvalue weighted by atomic mass is 32.2. The van der Waals surface area contributed by atoms with E-state index in [1.54, 1.807) is 0 Å². The van der Waals surface area contributed by atoms with Gasteiger partial charge in [-0.15, -0.1) is 11.8 Å². The van der Waals surface area contributed by atoms with Gasteiger partial charge in [-0.3, -0.25) is 4.79 Å². The smallest absolute Gasteiger partial charge is 0.138 e. The lowest BCUT2D eigenvalue weighted by molar-refractivity contribution is -0.122. The molecule has 3 rings (SSSR count). The van der Waals surface area contributed by atoms with E-state index in [0.29, 0.717) is 12.2 Å². The lowest BCUT2D eigenvalue weighted by atomic mass is 9.92. The van der Waals surface area contributed by atoms with E-state index in [2.05, 4.69) is 55.5 Å². The monoisotopic (exact) mass is 282 g/mol. The molecule has 1 aliphatic rings. The molecule has 0 N–H and O–H groups in total. The first-order chi connectivity index (χ1) is 9.75. The predicted octanol–water partition coefficient (Wildman–Crippen LogP) is 4.81. The largest absolute Gasteiger partial charge is 0.299 e. The molecule has 1 saturated heterocycles. The Morgan fingerprint density at radius 2 is 1.45 bits per heavy atom. The Balaban J connectivity index is 1.89. The minimum atomic E-state index is 0.0994. The quantitative estimate of drug-likeness (QED) is 0.786. The van der Waals surface area contributed by atoms with Crippen molar-refractivity contribution >= 4 is 17.5 Å². The molecule has 0 aromatic heterocycles. The summed E-state index contributed by atoms with van der Waals surface area (Å²) in [7, 11) is 0.